The molecule has 0 spiro atoms. The van der Waals surface area contributed by atoms with E-state index in [4.69, 9.17) is 9.47 Å². The Hall–Kier alpha value is -0.830. The largest absolute Gasteiger partial charge is 0.459 e. The van der Waals surface area contributed by atoms with Crippen molar-refractivity contribution in [3.05, 3.63) is 11.6 Å². The molecule has 1 aliphatic rings. The summed E-state index contributed by atoms with van der Waals surface area (Å²) in [6, 6.07) is 0. The maximum atomic E-state index is 11.3. The van der Waals surface area contributed by atoms with Gasteiger partial charge in [0.2, 0.25) is 0 Å². The Labute approximate surface area is 78.7 Å². The van der Waals surface area contributed by atoms with Crippen molar-refractivity contribution in [3.8, 4) is 0 Å². The molecule has 0 radical (unpaired) electrons. The number of esters is 1. The lowest BCUT2D eigenvalue weighted by Crippen LogP contribution is -2.26. The molecule has 0 aromatic rings. The van der Waals surface area contributed by atoms with Crippen LogP contribution in [0.3, 0.4) is 0 Å². The Kier molecular flexibility index (Phi) is 3.96. The molecule has 13 heavy (non-hydrogen) atoms. The van der Waals surface area contributed by atoms with E-state index in [1.807, 2.05) is 13.0 Å². The molecular formula is C10H16O3. The van der Waals surface area contributed by atoms with Crippen LogP contribution in [0.15, 0.2) is 11.6 Å². The molecule has 1 aliphatic heterocycles. The van der Waals surface area contributed by atoms with Crippen molar-refractivity contribution in [1.82, 2.24) is 0 Å². The third-order valence-electron chi connectivity index (χ3n) is 2.26. The van der Waals surface area contributed by atoms with Gasteiger partial charge in [-0.25, -0.2) is 4.79 Å². The minimum atomic E-state index is -0.158. The van der Waals surface area contributed by atoms with Gasteiger partial charge in [0, 0.05) is 25.7 Å². The molecule has 0 bridgehead atoms. The second-order valence-electron chi connectivity index (χ2n) is 3.16. The van der Waals surface area contributed by atoms with Gasteiger partial charge in [-0.05, 0) is 19.8 Å². The number of carbonyl (C=O) groups is 1. The lowest BCUT2D eigenvalue weighted by atomic mass is 10.0. The maximum Gasteiger partial charge on any atom is 0.333 e. The number of hydrogen-bond donors (Lipinski definition) is 0. The molecular weight excluding hydrogens is 168 g/mol. The van der Waals surface area contributed by atoms with E-state index < -0.39 is 0 Å². The lowest BCUT2D eigenvalue weighted by Gasteiger charge is -2.23. The van der Waals surface area contributed by atoms with Gasteiger partial charge in [-0.3, -0.25) is 0 Å². The van der Waals surface area contributed by atoms with Crippen LogP contribution in [0.1, 0.15) is 26.2 Å². The van der Waals surface area contributed by atoms with Gasteiger partial charge in [0.1, 0.15) is 6.10 Å². The van der Waals surface area contributed by atoms with Crippen molar-refractivity contribution in [1.29, 1.82) is 0 Å². The molecule has 1 atom stereocenters. The third-order valence-corrected chi connectivity index (χ3v) is 2.26. The summed E-state index contributed by atoms with van der Waals surface area (Å²) in [5.41, 5.74) is 0.800. The molecule has 74 valence electrons. The fourth-order valence-electron chi connectivity index (χ4n) is 1.42. The standard InChI is InChI=1S/C10H16O3/c1-3-8-4-5-9(6-7-12-2)13-10(8)11/h3,9H,4-7H2,1-2H3/b8-3+. The fraction of sp³-hybridized carbons (Fsp3) is 0.700. The zero-order chi connectivity index (χ0) is 9.68. The summed E-state index contributed by atoms with van der Waals surface area (Å²) in [5, 5.41) is 0. The number of allylic oxidation sites excluding steroid dienone is 1. The summed E-state index contributed by atoms with van der Waals surface area (Å²) in [7, 11) is 1.65. The highest BCUT2D eigenvalue weighted by atomic mass is 16.5. The zero-order valence-corrected chi connectivity index (χ0v) is 8.21. The maximum absolute atomic E-state index is 11.3. The summed E-state index contributed by atoms with van der Waals surface area (Å²) >= 11 is 0. The fourth-order valence-corrected chi connectivity index (χ4v) is 1.42. The minimum absolute atomic E-state index is 0.0520. The van der Waals surface area contributed by atoms with Gasteiger partial charge in [0.05, 0.1) is 0 Å². The first-order chi connectivity index (χ1) is 6.27. The van der Waals surface area contributed by atoms with Gasteiger partial charge in [-0.1, -0.05) is 6.08 Å². The van der Waals surface area contributed by atoms with Crippen LogP contribution in [0.2, 0.25) is 0 Å². The molecule has 1 rings (SSSR count). The van der Waals surface area contributed by atoms with E-state index in [1.165, 1.54) is 0 Å². The normalized spacial score (nSPS) is 26.2. The molecule has 0 N–H and O–H groups in total. The van der Waals surface area contributed by atoms with Crippen LogP contribution >= 0.6 is 0 Å². The summed E-state index contributed by atoms with van der Waals surface area (Å²) in [5.74, 6) is -0.158. The molecule has 1 saturated heterocycles. The number of hydrogen-bond acceptors (Lipinski definition) is 3. The van der Waals surface area contributed by atoms with Crippen molar-refractivity contribution >= 4 is 5.97 Å². The van der Waals surface area contributed by atoms with Crippen LogP contribution in [0.25, 0.3) is 0 Å². The average molecular weight is 184 g/mol. The van der Waals surface area contributed by atoms with Gasteiger partial charge < -0.3 is 9.47 Å². The van der Waals surface area contributed by atoms with E-state index in [1.54, 1.807) is 7.11 Å². The van der Waals surface area contributed by atoms with Crippen LogP contribution in [0.5, 0.6) is 0 Å². The minimum Gasteiger partial charge on any atom is -0.459 e. The Morgan fingerprint density at radius 3 is 3.00 bits per heavy atom. The zero-order valence-electron chi connectivity index (χ0n) is 8.21. The molecule has 3 heteroatoms. The highest BCUT2D eigenvalue weighted by Crippen LogP contribution is 2.21. The van der Waals surface area contributed by atoms with Gasteiger partial charge >= 0.3 is 5.97 Å². The first-order valence-corrected chi connectivity index (χ1v) is 4.63. The highest BCUT2D eigenvalue weighted by molar-refractivity contribution is 5.89. The van der Waals surface area contributed by atoms with Crippen LogP contribution in [-0.2, 0) is 14.3 Å². The Morgan fingerprint density at radius 2 is 2.46 bits per heavy atom. The van der Waals surface area contributed by atoms with Crippen LogP contribution in [0, 0.1) is 0 Å². The number of methoxy groups -OCH3 is 1. The molecule has 1 heterocycles. The first-order valence-electron chi connectivity index (χ1n) is 4.63. The second-order valence-corrected chi connectivity index (χ2v) is 3.16. The van der Waals surface area contributed by atoms with E-state index in [0.717, 1.165) is 24.8 Å². The average Bonchev–Trinajstić information content (AvgIpc) is 2.15. The monoisotopic (exact) mass is 184 g/mol. The lowest BCUT2D eigenvalue weighted by molar-refractivity contribution is -0.148. The van der Waals surface area contributed by atoms with E-state index in [2.05, 4.69) is 0 Å². The molecule has 1 unspecified atom stereocenters. The Balaban J connectivity index is 2.37. The van der Waals surface area contributed by atoms with Gasteiger partial charge in [-0.15, -0.1) is 0 Å². The van der Waals surface area contributed by atoms with Gasteiger partial charge in [0.15, 0.2) is 0 Å². The van der Waals surface area contributed by atoms with Crippen molar-refractivity contribution in [3.63, 3.8) is 0 Å². The predicted octanol–water partition coefficient (Wildman–Crippen LogP) is 1.67. The van der Waals surface area contributed by atoms with E-state index in [0.29, 0.717) is 6.61 Å². The topological polar surface area (TPSA) is 35.5 Å². The van der Waals surface area contributed by atoms with Gasteiger partial charge in [-0.2, -0.15) is 0 Å². The second kappa shape index (κ2) is 5.02. The predicted molar refractivity (Wildman–Crippen MR) is 49.4 cm³/mol. The first kappa shape index (κ1) is 10.3. The molecule has 0 aromatic heterocycles. The van der Waals surface area contributed by atoms with Crippen LogP contribution in [0.4, 0.5) is 0 Å². The summed E-state index contributed by atoms with van der Waals surface area (Å²) in [6.07, 6.45) is 4.45. The quantitative estimate of drug-likeness (QED) is 0.494. The molecule has 1 fully saturated rings. The van der Waals surface area contributed by atoms with Crippen LogP contribution < -0.4 is 0 Å². The number of cyclic esters (lactones) is 1. The van der Waals surface area contributed by atoms with Gasteiger partial charge in [0.25, 0.3) is 0 Å². The van der Waals surface area contributed by atoms with Crippen LogP contribution in [-0.4, -0.2) is 25.8 Å². The van der Waals surface area contributed by atoms with Crippen molar-refractivity contribution in [2.24, 2.45) is 0 Å². The summed E-state index contributed by atoms with van der Waals surface area (Å²) in [4.78, 5) is 11.3. The summed E-state index contributed by atoms with van der Waals surface area (Å²) in [6.45, 7) is 2.52. The Bertz CT molecular complexity index is 208. The van der Waals surface area contributed by atoms with Crippen molar-refractivity contribution in [2.75, 3.05) is 13.7 Å². The van der Waals surface area contributed by atoms with E-state index >= 15 is 0 Å². The molecule has 0 saturated carbocycles. The van der Waals surface area contributed by atoms with Crippen molar-refractivity contribution in [2.45, 2.75) is 32.3 Å². The smallest absolute Gasteiger partial charge is 0.333 e. The summed E-state index contributed by atoms with van der Waals surface area (Å²) < 4.78 is 10.1. The molecule has 0 aromatic carbocycles. The SMILES string of the molecule is C/C=C1\CCC(CCOC)OC1=O. The molecule has 3 nitrogen and oxygen atoms in total. The third kappa shape index (κ3) is 2.84. The number of carbonyl (C=O) groups excluding carboxylic acids is 1. The highest BCUT2D eigenvalue weighted by Gasteiger charge is 2.23. The molecule has 0 amide bonds. The van der Waals surface area contributed by atoms with E-state index in [-0.39, 0.29) is 12.1 Å². The Morgan fingerprint density at radius 1 is 1.69 bits per heavy atom. The van der Waals surface area contributed by atoms with Crippen molar-refractivity contribution < 1.29 is 14.3 Å². The number of ether oxygens (including phenoxy) is 2. The van der Waals surface area contributed by atoms with E-state index in [9.17, 15) is 4.79 Å². The number of rotatable bonds is 3. The molecule has 0 aliphatic carbocycles.